The minimum absolute atomic E-state index is 0. The van der Waals surface area contributed by atoms with Gasteiger partial charge in [-0.1, -0.05) is 44.9 Å². The molecule has 120 valence electrons. The Morgan fingerprint density at radius 3 is 2.62 bits per heavy atom. The van der Waals surface area contributed by atoms with E-state index < -0.39 is 0 Å². The SMILES string of the molecule is CCCCC(CN)NC(=O)C(C)Cc1ccccc1F.Cl. The van der Waals surface area contributed by atoms with Crippen LogP contribution >= 0.6 is 12.4 Å². The lowest BCUT2D eigenvalue weighted by Gasteiger charge is -2.19. The van der Waals surface area contributed by atoms with E-state index in [0.717, 1.165) is 19.3 Å². The Morgan fingerprint density at radius 2 is 2.05 bits per heavy atom. The predicted molar refractivity (Wildman–Crippen MR) is 87.0 cm³/mol. The van der Waals surface area contributed by atoms with Gasteiger partial charge in [0.25, 0.3) is 0 Å². The summed E-state index contributed by atoms with van der Waals surface area (Å²) in [6.45, 7) is 4.36. The van der Waals surface area contributed by atoms with Gasteiger partial charge in [-0.15, -0.1) is 12.4 Å². The predicted octanol–water partition coefficient (Wildman–Crippen LogP) is 3.06. The van der Waals surface area contributed by atoms with Crippen molar-refractivity contribution in [3.63, 3.8) is 0 Å². The highest BCUT2D eigenvalue weighted by atomic mass is 35.5. The van der Waals surface area contributed by atoms with Crippen LogP contribution in [0.15, 0.2) is 24.3 Å². The van der Waals surface area contributed by atoms with Crippen LogP contribution in [0.25, 0.3) is 0 Å². The molecule has 5 heteroatoms. The van der Waals surface area contributed by atoms with E-state index in [1.807, 2.05) is 6.92 Å². The molecule has 0 aliphatic rings. The van der Waals surface area contributed by atoms with Crippen molar-refractivity contribution in [3.05, 3.63) is 35.6 Å². The molecule has 1 aromatic carbocycles. The van der Waals surface area contributed by atoms with Crippen LogP contribution in [0.5, 0.6) is 0 Å². The van der Waals surface area contributed by atoms with E-state index in [-0.39, 0.29) is 36.1 Å². The smallest absolute Gasteiger partial charge is 0.223 e. The molecule has 2 atom stereocenters. The van der Waals surface area contributed by atoms with E-state index in [1.165, 1.54) is 6.07 Å². The van der Waals surface area contributed by atoms with Gasteiger partial charge in [0.1, 0.15) is 5.82 Å². The number of halogens is 2. The number of rotatable bonds is 8. The summed E-state index contributed by atoms with van der Waals surface area (Å²) in [4.78, 5) is 12.1. The highest BCUT2D eigenvalue weighted by molar-refractivity contribution is 5.85. The third kappa shape index (κ3) is 6.91. The van der Waals surface area contributed by atoms with Gasteiger partial charge in [-0.3, -0.25) is 4.79 Å². The van der Waals surface area contributed by atoms with Crippen molar-refractivity contribution in [2.45, 2.75) is 45.6 Å². The Hall–Kier alpha value is -1.13. The average molecular weight is 317 g/mol. The zero-order valence-electron chi connectivity index (χ0n) is 12.8. The molecule has 0 heterocycles. The van der Waals surface area contributed by atoms with E-state index in [1.54, 1.807) is 18.2 Å². The van der Waals surface area contributed by atoms with Gasteiger partial charge in [0.15, 0.2) is 0 Å². The van der Waals surface area contributed by atoms with Crippen LogP contribution in [-0.4, -0.2) is 18.5 Å². The summed E-state index contributed by atoms with van der Waals surface area (Å²) >= 11 is 0. The zero-order valence-corrected chi connectivity index (χ0v) is 13.6. The lowest BCUT2D eigenvalue weighted by molar-refractivity contribution is -0.125. The van der Waals surface area contributed by atoms with Crippen LogP contribution in [0.3, 0.4) is 0 Å². The van der Waals surface area contributed by atoms with Gasteiger partial charge in [-0.05, 0) is 24.5 Å². The lowest BCUT2D eigenvalue weighted by Crippen LogP contribution is -2.43. The topological polar surface area (TPSA) is 55.1 Å². The number of hydrogen-bond acceptors (Lipinski definition) is 2. The molecule has 2 unspecified atom stereocenters. The number of amides is 1. The molecule has 0 bridgehead atoms. The van der Waals surface area contributed by atoms with Crippen molar-refractivity contribution >= 4 is 18.3 Å². The van der Waals surface area contributed by atoms with Gasteiger partial charge in [0.05, 0.1) is 0 Å². The van der Waals surface area contributed by atoms with Crippen LogP contribution in [0.2, 0.25) is 0 Å². The number of benzene rings is 1. The normalized spacial score (nSPS) is 13.1. The summed E-state index contributed by atoms with van der Waals surface area (Å²) in [5.74, 6) is -0.573. The molecule has 21 heavy (non-hydrogen) atoms. The number of carbonyl (C=O) groups excluding carboxylic acids is 1. The van der Waals surface area contributed by atoms with Crippen LogP contribution in [0, 0.1) is 11.7 Å². The Bertz CT molecular complexity index is 428. The molecular weight excluding hydrogens is 291 g/mol. The maximum absolute atomic E-state index is 13.6. The van der Waals surface area contributed by atoms with E-state index >= 15 is 0 Å². The molecule has 0 radical (unpaired) electrons. The molecule has 0 aromatic heterocycles. The Morgan fingerprint density at radius 1 is 1.38 bits per heavy atom. The molecule has 0 fully saturated rings. The van der Waals surface area contributed by atoms with Gasteiger partial charge < -0.3 is 11.1 Å². The molecule has 0 aliphatic heterocycles. The minimum Gasteiger partial charge on any atom is -0.352 e. The summed E-state index contributed by atoms with van der Waals surface area (Å²) in [6.07, 6.45) is 3.43. The summed E-state index contributed by atoms with van der Waals surface area (Å²) in [5.41, 5.74) is 6.24. The number of hydrogen-bond donors (Lipinski definition) is 2. The molecule has 3 N–H and O–H groups in total. The van der Waals surface area contributed by atoms with Crippen molar-refractivity contribution in [2.75, 3.05) is 6.54 Å². The number of carbonyl (C=O) groups is 1. The second-order valence-electron chi connectivity index (χ2n) is 5.28. The van der Waals surface area contributed by atoms with Gasteiger partial charge in [-0.2, -0.15) is 0 Å². The molecule has 3 nitrogen and oxygen atoms in total. The van der Waals surface area contributed by atoms with E-state index in [9.17, 15) is 9.18 Å². The van der Waals surface area contributed by atoms with Crippen molar-refractivity contribution in [3.8, 4) is 0 Å². The van der Waals surface area contributed by atoms with E-state index in [0.29, 0.717) is 18.5 Å². The maximum atomic E-state index is 13.6. The third-order valence-corrected chi connectivity index (χ3v) is 3.47. The Balaban J connectivity index is 0.00000400. The molecule has 0 spiro atoms. The summed E-state index contributed by atoms with van der Waals surface area (Å²) < 4.78 is 13.6. The molecule has 1 amide bonds. The number of nitrogens with one attached hydrogen (secondary N) is 1. The maximum Gasteiger partial charge on any atom is 0.223 e. The van der Waals surface area contributed by atoms with Crippen molar-refractivity contribution in [1.82, 2.24) is 5.32 Å². The monoisotopic (exact) mass is 316 g/mol. The Labute approximate surface area is 132 Å². The minimum atomic E-state index is -0.262. The first-order valence-corrected chi connectivity index (χ1v) is 7.32. The standard InChI is InChI=1S/C16H25FN2O.ClH/c1-3-4-8-14(11-18)19-16(20)12(2)10-13-7-5-6-9-15(13)17;/h5-7,9,12,14H,3-4,8,10-11,18H2,1-2H3,(H,19,20);1H. The van der Waals surface area contributed by atoms with Gasteiger partial charge >= 0.3 is 0 Å². The molecule has 0 aliphatic carbocycles. The average Bonchev–Trinajstić information content (AvgIpc) is 2.45. The van der Waals surface area contributed by atoms with Gasteiger partial charge in [0, 0.05) is 18.5 Å². The summed E-state index contributed by atoms with van der Waals surface area (Å²) in [7, 11) is 0. The van der Waals surface area contributed by atoms with Crippen LogP contribution in [0.4, 0.5) is 4.39 Å². The molecule has 1 aromatic rings. The van der Waals surface area contributed by atoms with Gasteiger partial charge in [0.2, 0.25) is 5.91 Å². The van der Waals surface area contributed by atoms with Crippen LogP contribution < -0.4 is 11.1 Å². The zero-order chi connectivity index (χ0) is 15.0. The van der Waals surface area contributed by atoms with Crippen molar-refractivity contribution in [2.24, 2.45) is 11.7 Å². The molecule has 1 rings (SSSR count). The quantitative estimate of drug-likeness (QED) is 0.774. The first-order valence-electron chi connectivity index (χ1n) is 7.32. The fraction of sp³-hybridized carbons (Fsp3) is 0.562. The fourth-order valence-corrected chi connectivity index (χ4v) is 2.13. The largest absolute Gasteiger partial charge is 0.352 e. The molecular formula is C16H26ClFN2O. The first kappa shape index (κ1) is 19.9. The lowest BCUT2D eigenvalue weighted by atomic mass is 9.99. The third-order valence-electron chi connectivity index (χ3n) is 3.47. The second kappa shape index (κ2) is 10.6. The second-order valence-corrected chi connectivity index (χ2v) is 5.28. The van der Waals surface area contributed by atoms with Crippen molar-refractivity contribution < 1.29 is 9.18 Å². The van der Waals surface area contributed by atoms with Crippen molar-refractivity contribution in [1.29, 1.82) is 0 Å². The molecule has 0 saturated carbocycles. The highest BCUT2D eigenvalue weighted by Gasteiger charge is 2.18. The summed E-state index contributed by atoms with van der Waals surface area (Å²) in [6, 6.07) is 6.59. The van der Waals surface area contributed by atoms with E-state index in [2.05, 4.69) is 12.2 Å². The Kier molecular flexibility index (Phi) is 10.0. The fourth-order valence-electron chi connectivity index (χ4n) is 2.13. The summed E-state index contributed by atoms with van der Waals surface area (Å²) in [5, 5.41) is 2.95. The number of nitrogens with two attached hydrogens (primary N) is 1. The van der Waals surface area contributed by atoms with E-state index in [4.69, 9.17) is 5.73 Å². The van der Waals surface area contributed by atoms with Gasteiger partial charge in [-0.25, -0.2) is 4.39 Å². The highest BCUT2D eigenvalue weighted by Crippen LogP contribution is 2.13. The first-order chi connectivity index (χ1) is 9.58. The molecule has 0 saturated heterocycles. The van der Waals surface area contributed by atoms with Crippen LogP contribution in [0.1, 0.15) is 38.7 Å². The number of unbranched alkanes of at least 4 members (excludes halogenated alkanes) is 1. The van der Waals surface area contributed by atoms with Crippen LogP contribution in [-0.2, 0) is 11.2 Å².